The van der Waals surface area contributed by atoms with Crippen molar-refractivity contribution in [3.63, 3.8) is 0 Å². The van der Waals surface area contributed by atoms with Gasteiger partial charge in [0.25, 0.3) is 0 Å². The van der Waals surface area contributed by atoms with E-state index in [-0.39, 0.29) is 6.04 Å². The van der Waals surface area contributed by atoms with E-state index in [2.05, 4.69) is 15.4 Å². The maximum absolute atomic E-state index is 5.35. The van der Waals surface area contributed by atoms with Gasteiger partial charge in [0.05, 0.1) is 24.5 Å². The summed E-state index contributed by atoms with van der Waals surface area (Å²) in [6.45, 7) is 3.11. The third kappa shape index (κ3) is 3.06. The van der Waals surface area contributed by atoms with E-state index in [9.17, 15) is 0 Å². The van der Waals surface area contributed by atoms with Gasteiger partial charge in [-0.05, 0) is 6.92 Å². The number of rotatable bonds is 5. The Hall–Kier alpha value is -1.04. The highest BCUT2D eigenvalue weighted by atomic mass is 16.5. The fourth-order valence-electron chi connectivity index (χ4n) is 0.945. The second-order valence-corrected chi connectivity index (χ2v) is 2.51. The van der Waals surface area contributed by atoms with Crippen molar-refractivity contribution in [3.8, 4) is 0 Å². The lowest BCUT2D eigenvalue weighted by Crippen LogP contribution is -2.32. The monoisotopic (exact) mass is 182 g/mol. The van der Waals surface area contributed by atoms with Gasteiger partial charge < -0.3 is 4.74 Å². The Bertz CT molecular complexity index is 229. The van der Waals surface area contributed by atoms with E-state index in [1.54, 1.807) is 18.6 Å². The average Bonchev–Trinajstić information content (AvgIpc) is 2.21. The van der Waals surface area contributed by atoms with E-state index in [1.807, 2.05) is 6.92 Å². The zero-order valence-corrected chi connectivity index (χ0v) is 7.60. The molecule has 5 heteroatoms. The molecule has 0 saturated carbocycles. The number of hydrogen-bond acceptors (Lipinski definition) is 5. The van der Waals surface area contributed by atoms with Gasteiger partial charge in [-0.25, -0.2) is 5.43 Å². The summed E-state index contributed by atoms with van der Waals surface area (Å²) in [7, 11) is 0. The second-order valence-electron chi connectivity index (χ2n) is 2.51. The van der Waals surface area contributed by atoms with Gasteiger partial charge in [0.2, 0.25) is 0 Å². The summed E-state index contributed by atoms with van der Waals surface area (Å²) in [6.07, 6.45) is 4.92. The number of nitrogens with zero attached hydrogens (tertiary/aromatic N) is 2. The molecule has 0 amide bonds. The molecule has 72 valence electrons. The lowest BCUT2D eigenvalue weighted by atomic mass is 10.2. The summed E-state index contributed by atoms with van der Waals surface area (Å²) < 4.78 is 5.23. The van der Waals surface area contributed by atoms with Crippen LogP contribution in [0.4, 0.5) is 0 Å². The molecule has 0 aromatic carbocycles. The van der Waals surface area contributed by atoms with Gasteiger partial charge in [-0.3, -0.25) is 15.8 Å². The molecule has 0 aliphatic rings. The molecular formula is C8H14N4O. The topological polar surface area (TPSA) is 73.1 Å². The molecule has 0 saturated heterocycles. The standard InChI is InChI=1S/C8H14N4O/c1-2-13-6-8(12-9)7-5-10-3-4-11-7/h3-5,8,12H,2,6,9H2,1H3. The van der Waals surface area contributed by atoms with E-state index in [0.717, 1.165) is 5.69 Å². The van der Waals surface area contributed by atoms with Crippen LogP contribution in [0.3, 0.4) is 0 Å². The van der Waals surface area contributed by atoms with Gasteiger partial charge >= 0.3 is 0 Å². The normalized spacial score (nSPS) is 12.8. The minimum atomic E-state index is -0.0892. The van der Waals surface area contributed by atoms with E-state index >= 15 is 0 Å². The van der Waals surface area contributed by atoms with Crippen LogP contribution in [0.15, 0.2) is 18.6 Å². The molecule has 0 aliphatic heterocycles. The number of hydrogen-bond donors (Lipinski definition) is 2. The molecule has 5 nitrogen and oxygen atoms in total. The first-order valence-electron chi connectivity index (χ1n) is 4.18. The van der Waals surface area contributed by atoms with Crippen LogP contribution in [0, 0.1) is 0 Å². The van der Waals surface area contributed by atoms with Gasteiger partial charge in [-0.1, -0.05) is 0 Å². The Balaban J connectivity index is 2.56. The Morgan fingerprint density at radius 2 is 2.46 bits per heavy atom. The van der Waals surface area contributed by atoms with Crippen molar-refractivity contribution in [3.05, 3.63) is 24.3 Å². The number of nitrogens with two attached hydrogens (primary N) is 1. The van der Waals surface area contributed by atoms with Crippen LogP contribution < -0.4 is 11.3 Å². The van der Waals surface area contributed by atoms with E-state index in [0.29, 0.717) is 13.2 Å². The van der Waals surface area contributed by atoms with Crippen molar-refractivity contribution in [1.82, 2.24) is 15.4 Å². The van der Waals surface area contributed by atoms with Crippen LogP contribution in [0.2, 0.25) is 0 Å². The molecule has 1 atom stereocenters. The SMILES string of the molecule is CCOCC(NN)c1cnccn1. The molecule has 13 heavy (non-hydrogen) atoms. The highest BCUT2D eigenvalue weighted by Crippen LogP contribution is 2.06. The molecular weight excluding hydrogens is 168 g/mol. The van der Waals surface area contributed by atoms with Crippen molar-refractivity contribution in [2.45, 2.75) is 13.0 Å². The lowest BCUT2D eigenvalue weighted by Gasteiger charge is -2.13. The molecule has 0 bridgehead atoms. The van der Waals surface area contributed by atoms with Crippen molar-refractivity contribution in [2.75, 3.05) is 13.2 Å². The molecule has 1 aromatic rings. The number of hydrazine groups is 1. The zero-order chi connectivity index (χ0) is 9.52. The number of nitrogens with one attached hydrogen (secondary N) is 1. The fourth-order valence-corrected chi connectivity index (χ4v) is 0.945. The van der Waals surface area contributed by atoms with Crippen LogP contribution >= 0.6 is 0 Å². The Morgan fingerprint density at radius 1 is 1.62 bits per heavy atom. The van der Waals surface area contributed by atoms with E-state index in [4.69, 9.17) is 10.6 Å². The molecule has 3 N–H and O–H groups in total. The average molecular weight is 182 g/mol. The predicted molar refractivity (Wildman–Crippen MR) is 48.6 cm³/mol. The maximum Gasteiger partial charge on any atom is 0.0880 e. The van der Waals surface area contributed by atoms with Crippen LogP contribution in [-0.4, -0.2) is 23.2 Å². The summed E-state index contributed by atoms with van der Waals surface area (Å²) in [5, 5.41) is 0. The summed E-state index contributed by atoms with van der Waals surface area (Å²) in [5.41, 5.74) is 3.42. The van der Waals surface area contributed by atoms with Crippen LogP contribution in [0.5, 0.6) is 0 Å². The van der Waals surface area contributed by atoms with Crippen LogP contribution in [0.25, 0.3) is 0 Å². The predicted octanol–water partition coefficient (Wildman–Crippen LogP) is 0.0175. The molecule has 0 radical (unpaired) electrons. The van der Waals surface area contributed by atoms with Crippen molar-refractivity contribution >= 4 is 0 Å². The quantitative estimate of drug-likeness (QED) is 0.496. The molecule has 1 rings (SSSR count). The van der Waals surface area contributed by atoms with Gasteiger partial charge in [0, 0.05) is 19.0 Å². The molecule has 0 fully saturated rings. The fraction of sp³-hybridized carbons (Fsp3) is 0.500. The van der Waals surface area contributed by atoms with Gasteiger partial charge in [0.15, 0.2) is 0 Å². The first-order chi connectivity index (χ1) is 6.38. The molecule has 1 unspecified atom stereocenters. The molecule has 1 aromatic heterocycles. The summed E-state index contributed by atoms with van der Waals surface area (Å²) in [6, 6.07) is -0.0892. The highest BCUT2D eigenvalue weighted by molar-refractivity contribution is 5.01. The minimum Gasteiger partial charge on any atom is -0.380 e. The van der Waals surface area contributed by atoms with Gasteiger partial charge in [0.1, 0.15) is 0 Å². The molecule has 1 heterocycles. The van der Waals surface area contributed by atoms with Gasteiger partial charge in [-0.2, -0.15) is 0 Å². The largest absolute Gasteiger partial charge is 0.380 e. The van der Waals surface area contributed by atoms with E-state index in [1.165, 1.54) is 0 Å². The third-order valence-electron chi connectivity index (χ3n) is 1.63. The summed E-state index contributed by atoms with van der Waals surface area (Å²) in [5.74, 6) is 5.35. The highest BCUT2D eigenvalue weighted by Gasteiger charge is 2.10. The van der Waals surface area contributed by atoms with Gasteiger partial charge in [-0.15, -0.1) is 0 Å². The smallest absolute Gasteiger partial charge is 0.0880 e. The summed E-state index contributed by atoms with van der Waals surface area (Å²) >= 11 is 0. The first kappa shape index (κ1) is 10.0. The first-order valence-corrected chi connectivity index (χ1v) is 4.18. The van der Waals surface area contributed by atoms with Crippen molar-refractivity contribution in [1.29, 1.82) is 0 Å². The number of aromatic nitrogens is 2. The maximum atomic E-state index is 5.35. The van der Waals surface area contributed by atoms with Crippen LogP contribution in [-0.2, 0) is 4.74 Å². The Morgan fingerprint density at radius 3 is 3.00 bits per heavy atom. The minimum absolute atomic E-state index is 0.0892. The van der Waals surface area contributed by atoms with Crippen LogP contribution in [0.1, 0.15) is 18.7 Å². The zero-order valence-electron chi connectivity index (χ0n) is 7.60. The van der Waals surface area contributed by atoms with Crippen molar-refractivity contribution < 1.29 is 4.74 Å². The molecule has 0 aliphatic carbocycles. The Kier molecular flexibility index (Phi) is 4.31. The van der Waals surface area contributed by atoms with Crippen molar-refractivity contribution in [2.24, 2.45) is 5.84 Å². The Labute approximate surface area is 77.3 Å². The molecule has 0 spiro atoms. The third-order valence-corrected chi connectivity index (χ3v) is 1.63. The number of ether oxygens (including phenoxy) is 1. The second kappa shape index (κ2) is 5.58. The lowest BCUT2D eigenvalue weighted by molar-refractivity contribution is 0.122. The summed E-state index contributed by atoms with van der Waals surface area (Å²) in [4.78, 5) is 8.07. The van der Waals surface area contributed by atoms with E-state index < -0.39 is 0 Å².